The zero-order chi connectivity index (χ0) is 26.3. The van der Waals surface area contributed by atoms with Crippen molar-refractivity contribution in [2.24, 2.45) is 16.8 Å². The van der Waals surface area contributed by atoms with Crippen LogP contribution in [0, 0.1) is 11.8 Å². The minimum atomic E-state index is -1.27. The van der Waals surface area contributed by atoms with Gasteiger partial charge in [-0.05, 0) is 63.5 Å². The highest BCUT2D eigenvalue weighted by Crippen LogP contribution is 2.43. The van der Waals surface area contributed by atoms with Crippen molar-refractivity contribution in [3.63, 3.8) is 0 Å². The number of piperidine rings is 1. The van der Waals surface area contributed by atoms with E-state index in [2.05, 4.69) is 27.1 Å². The first-order valence-electron chi connectivity index (χ1n) is 13.8. The second-order valence-corrected chi connectivity index (χ2v) is 11.5. The quantitative estimate of drug-likeness (QED) is 0.594. The Hall–Kier alpha value is -2.68. The first-order chi connectivity index (χ1) is 17.7. The zero-order valence-electron chi connectivity index (χ0n) is 22.5. The Labute approximate surface area is 218 Å². The number of anilines is 2. The highest BCUT2D eigenvalue weighted by Gasteiger charge is 2.45. The summed E-state index contributed by atoms with van der Waals surface area (Å²) < 4.78 is 15.5. The van der Waals surface area contributed by atoms with Gasteiger partial charge in [-0.25, -0.2) is 14.4 Å². The average molecular weight is 511 g/mol. The highest BCUT2D eigenvalue weighted by atomic mass is 19.1. The van der Waals surface area contributed by atoms with Gasteiger partial charge in [-0.1, -0.05) is 26.7 Å². The van der Waals surface area contributed by atoms with Crippen LogP contribution in [-0.2, 0) is 9.59 Å². The molecule has 0 spiro atoms. The number of aliphatic imine (C=N–C) groups is 1. The van der Waals surface area contributed by atoms with Crippen LogP contribution < -0.4 is 10.2 Å². The summed E-state index contributed by atoms with van der Waals surface area (Å²) in [7, 11) is 2.03. The van der Waals surface area contributed by atoms with Crippen LogP contribution in [0.5, 0.6) is 0 Å². The lowest BCUT2D eigenvalue weighted by molar-refractivity contribution is -0.133. The van der Waals surface area contributed by atoms with Gasteiger partial charge in [0, 0.05) is 43.5 Å². The first-order valence-corrected chi connectivity index (χ1v) is 13.8. The van der Waals surface area contributed by atoms with Crippen LogP contribution in [0.4, 0.5) is 16.2 Å². The first kappa shape index (κ1) is 25.9. The van der Waals surface area contributed by atoms with Crippen molar-refractivity contribution in [2.75, 3.05) is 30.4 Å². The monoisotopic (exact) mass is 510 g/mol. The largest absolute Gasteiger partial charge is 0.312 e. The number of carbonyl (C=O) groups excluding carboxylic acids is 2. The Morgan fingerprint density at radius 3 is 2.49 bits per heavy atom. The van der Waals surface area contributed by atoms with Crippen molar-refractivity contribution in [2.45, 2.75) is 89.8 Å². The number of halogens is 1. The fraction of sp³-hybridized carbons (Fsp3) is 0.679. The maximum atomic E-state index is 15.5. The molecule has 200 valence electrons. The Morgan fingerprint density at radius 2 is 1.86 bits per heavy atom. The normalized spacial score (nSPS) is 28.8. The molecule has 5 rings (SSSR count). The summed E-state index contributed by atoms with van der Waals surface area (Å²) in [6, 6.07) is 0.0427. The molecule has 3 unspecified atom stereocenters. The average Bonchev–Trinajstić information content (AvgIpc) is 3.38. The number of hydrogen-bond donors (Lipinski definition) is 1. The number of alkyl halides is 1. The zero-order valence-corrected chi connectivity index (χ0v) is 22.5. The lowest BCUT2D eigenvalue weighted by Crippen LogP contribution is -2.45. The summed E-state index contributed by atoms with van der Waals surface area (Å²) in [4.78, 5) is 44.3. The van der Waals surface area contributed by atoms with Gasteiger partial charge in [-0.15, -0.1) is 0 Å². The fourth-order valence-electron chi connectivity index (χ4n) is 6.46. The van der Waals surface area contributed by atoms with E-state index in [1.807, 2.05) is 14.0 Å². The molecule has 0 bridgehead atoms. The Kier molecular flexibility index (Phi) is 7.18. The molecule has 1 amide bonds. The number of allylic oxidation sites excluding steroid dienone is 1. The van der Waals surface area contributed by atoms with Crippen LogP contribution in [0.2, 0.25) is 0 Å². The number of fused-ring (bicyclic) bond motifs is 1. The lowest BCUT2D eigenvalue weighted by Gasteiger charge is -2.36. The number of nitrogens with one attached hydrogen (secondary N) is 1. The molecule has 1 aromatic rings. The molecule has 0 aromatic carbocycles. The van der Waals surface area contributed by atoms with Gasteiger partial charge in [-0.2, -0.15) is 4.98 Å². The molecule has 3 aliphatic heterocycles. The number of carbonyl (C=O) groups is 2. The Balaban J connectivity index is 1.43. The van der Waals surface area contributed by atoms with E-state index in [1.165, 1.54) is 6.92 Å². The summed E-state index contributed by atoms with van der Waals surface area (Å²) in [5.74, 6) is 0.574. The van der Waals surface area contributed by atoms with Crippen LogP contribution >= 0.6 is 0 Å². The number of rotatable bonds is 4. The third-order valence-electron chi connectivity index (χ3n) is 9.08. The van der Waals surface area contributed by atoms with Crippen molar-refractivity contribution in [1.82, 2.24) is 14.9 Å². The van der Waals surface area contributed by atoms with Crippen molar-refractivity contribution < 1.29 is 14.0 Å². The van der Waals surface area contributed by atoms with Gasteiger partial charge in [0.2, 0.25) is 11.9 Å². The number of ketones is 1. The predicted molar refractivity (Wildman–Crippen MR) is 142 cm³/mol. The second-order valence-electron chi connectivity index (χ2n) is 11.5. The standard InChI is InChI=1S/C28H39FN6O2/c1-17-18(2)24(19(3)36)26(37)35(21-7-5-6-8-21)25-22(17)16-31-27(33-25)32-23-10-9-20(15-30-23)28(29)11-13-34(4)14-12-28/h15-18,21,24H,5-14H2,1-4H3,(H,30,31,32,33). The number of Topliss-reactive ketones (excluding diaryl/α,β-unsaturated/α-hetero) is 1. The van der Waals surface area contributed by atoms with Crippen molar-refractivity contribution in [3.8, 4) is 0 Å². The van der Waals surface area contributed by atoms with Gasteiger partial charge in [-0.3, -0.25) is 14.5 Å². The lowest BCUT2D eigenvalue weighted by atomic mass is 9.79. The van der Waals surface area contributed by atoms with Crippen LogP contribution in [0.15, 0.2) is 23.0 Å². The number of aromatic nitrogens is 2. The summed E-state index contributed by atoms with van der Waals surface area (Å²) in [6.07, 6.45) is 9.62. The molecule has 8 nitrogen and oxygen atoms in total. The van der Waals surface area contributed by atoms with E-state index >= 15 is 4.39 Å². The Bertz CT molecular complexity index is 1120. The number of nitrogens with zero attached hydrogens (tertiary/aromatic N) is 5. The van der Waals surface area contributed by atoms with Gasteiger partial charge in [0.1, 0.15) is 23.1 Å². The fourth-order valence-corrected chi connectivity index (χ4v) is 6.46. The van der Waals surface area contributed by atoms with Crippen molar-refractivity contribution in [3.05, 3.63) is 23.5 Å². The van der Waals surface area contributed by atoms with Crippen molar-refractivity contribution >= 4 is 29.3 Å². The molecular weight excluding hydrogens is 471 g/mol. The Morgan fingerprint density at radius 1 is 1.16 bits per heavy atom. The van der Waals surface area contributed by atoms with E-state index in [0.29, 0.717) is 43.3 Å². The van der Waals surface area contributed by atoms with Gasteiger partial charge in [0.15, 0.2) is 0 Å². The third-order valence-corrected chi connectivity index (χ3v) is 9.08. The SMILES string of the molecule is CC(=O)C1C(=O)N(C2CCCC2)c2nc(NC3=NC=C(C4(F)CCN(C)CC4)CC3)ncc2C(C)C1C. The molecule has 3 atom stereocenters. The molecule has 2 fully saturated rings. The second kappa shape index (κ2) is 10.2. The number of hydrogen-bond acceptors (Lipinski definition) is 7. The van der Waals surface area contributed by atoms with Gasteiger partial charge in [0.05, 0.1) is 5.92 Å². The number of amides is 1. The van der Waals surface area contributed by atoms with E-state index in [9.17, 15) is 9.59 Å². The summed E-state index contributed by atoms with van der Waals surface area (Å²) in [5.41, 5.74) is 0.395. The number of likely N-dealkylation sites (tertiary alicyclic amines) is 1. The molecule has 9 heteroatoms. The minimum Gasteiger partial charge on any atom is -0.312 e. The number of amidine groups is 1. The molecular formula is C28H39FN6O2. The molecule has 4 aliphatic rings. The van der Waals surface area contributed by atoms with E-state index in [-0.39, 0.29) is 29.6 Å². The smallest absolute Gasteiger partial charge is 0.239 e. The minimum absolute atomic E-state index is 0.0407. The van der Waals surface area contributed by atoms with Gasteiger partial charge < -0.3 is 10.2 Å². The van der Waals surface area contributed by atoms with E-state index in [4.69, 9.17) is 4.98 Å². The predicted octanol–water partition coefficient (Wildman–Crippen LogP) is 4.63. The van der Waals surface area contributed by atoms with E-state index in [1.54, 1.807) is 17.3 Å². The van der Waals surface area contributed by atoms with Crippen molar-refractivity contribution in [1.29, 1.82) is 0 Å². The van der Waals surface area contributed by atoms with Crippen LogP contribution in [0.1, 0.15) is 83.6 Å². The van der Waals surface area contributed by atoms with Crippen LogP contribution in [0.25, 0.3) is 0 Å². The van der Waals surface area contributed by atoms with Crippen LogP contribution in [0.3, 0.4) is 0 Å². The van der Waals surface area contributed by atoms with Gasteiger partial charge in [0.25, 0.3) is 0 Å². The molecule has 0 radical (unpaired) electrons. The molecule has 1 aliphatic carbocycles. The third kappa shape index (κ3) is 4.94. The molecule has 1 saturated carbocycles. The summed E-state index contributed by atoms with van der Waals surface area (Å²) in [6.45, 7) is 7.05. The molecule has 4 heterocycles. The molecule has 1 saturated heterocycles. The highest BCUT2D eigenvalue weighted by molar-refractivity contribution is 6.09. The van der Waals surface area contributed by atoms with Gasteiger partial charge >= 0.3 is 0 Å². The molecule has 1 aromatic heterocycles. The topological polar surface area (TPSA) is 90.8 Å². The maximum Gasteiger partial charge on any atom is 0.239 e. The maximum absolute atomic E-state index is 15.5. The van der Waals surface area contributed by atoms with E-state index in [0.717, 1.165) is 49.9 Å². The van der Waals surface area contributed by atoms with Crippen LogP contribution in [-0.4, -0.2) is 64.2 Å². The molecule has 37 heavy (non-hydrogen) atoms. The van der Waals surface area contributed by atoms with E-state index < -0.39 is 11.6 Å². The molecule has 1 N–H and O–H groups in total. The summed E-state index contributed by atoms with van der Waals surface area (Å²) >= 11 is 0. The summed E-state index contributed by atoms with van der Waals surface area (Å²) in [5, 5.41) is 3.23.